The topological polar surface area (TPSA) is 8.88 Å². The van der Waals surface area contributed by atoms with Gasteiger partial charge in [0, 0.05) is 22.8 Å². The van der Waals surface area contributed by atoms with Gasteiger partial charge in [0.15, 0.2) is 0 Å². The molecule has 1 aromatic carbocycles. The molecule has 2 aliphatic carbocycles. The van der Waals surface area contributed by atoms with E-state index in [0.717, 1.165) is 17.9 Å². The van der Waals surface area contributed by atoms with E-state index < -0.39 is 0 Å². The fourth-order valence-electron chi connectivity index (χ4n) is 5.25. The first-order chi connectivity index (χ1) is 10.8. The monoisotopic (exact) mass is 318 g/mol. The molecule has 1 aliphatic heterocycles. The molecule has 3 aliphatic rings. The molecule has 4 rings (SSSR count). The number of rotatable bonds is 4. The minimum Gasteiger partial charge on any atom is -0.323 e. The molecule has 2 nitrogen and oxygen atoms in total. The molecule has 1 heterocycles. The fourth-order valence-corrected chi connectivity index (χ4v) is 5.66. The van der Waals surface area contributed by atoms with Crippen LogP contribution in [0.5, 0.6) is 0 Å². The molecule has 0 amide bonds. The molecule has 0 radical (unpaired) electrons. The van der Waals surface area contributed by atoms with Gasteiger partial charge < -0.3 is 9.80 Å². The summed E-state index contributed by atoms with van der Waals surface area (Å²) in [5.74, 6) is 2.18. The number of hydrogen-bond acceptors (Lipinski definition) is 1. The maximum atomic E-state index is 2.33. The predicted octanol–water partition coefficient (Wildman–Crippen LogP) is 0.881. The summed E-state index contributed by atoms with van der Waals surface area (Å²) in [6.07, 6.45) is 8.34. The van der Waals surface area contributed by atoms with Crippen molar-refractivity contribution in [3.05, 3.63) is 29.8 Å². The van der Waals surface area contributed by atoms with Gasteiger partial charge in [0.25, 0.3) is 0 Å². The lowest BCUT2D eigenvalue weighted by molar-refractivity contribution is -1.03. The summed E-state index contributed by atoms with van der Waals surface area (Å²) in [6.45, 7) is 6.78. The minimum atomic E-state index is 1.03. The van der Waals surface area contributed by atoms with Gasteiger partial charge in [0.2, 0.25) is 0 Å². The van der Waals surface area contributed by atoms with E-state index >= 15 is 0 Å². The summed E-state index contributed by atoms with van der Waals surface area (Å²) in [5.41, 5.74) is 1.51. The van der Waals surface area contributed by atoms with Crippen molar-refractivity contribution < 1.29 is 9.80 Å². The van der Waals surface area contributed by atoms with E-state index in [-0.39, 0.29) is 0 Å². The van der Waals surface area contributed by atoms with E-state index in [4.69, 9.17) is 0 Å². The Morgan fingerprint density at radius 1 is 1.00 bits per heavy atom. The number of thioether (sulfide) groups is 1. The Balaban J connectivity index is 1.28. The number of quaternary nitrogens is 2. The smallest absolute Gasteiger partial charge is 0.127 e. The first-order valence-electron chi connectivity index (χ1n) is 9.13. The fraction of sp³-hybridized carbons (Fsp3) is 0.684. The highest BCUT2D eigenvalue weighted by Crippen LogP contribution is 2.43. The molecular formula is C19H30N2S+2. The number of fused-ring (bicyclic) bond motifs is 2. The summed E-state index contributed by atoms with van der Waals surface area (Å²) < 4.78 is 0. The Kier molecular flexibility index (Phi) is 4.47. The van der Waals surface area contributed by atoms with Crippen LogP contribution < -0.4 is 9.80 Å². The van der Waals surface area contributed by atoms with Crippen LogP contribution in [0.1, 0.15) is 31.2 Å². The van der Waals surface area contributed by atoms with E-state index in [2.05, 4.69) is 30.5 Å². The number of piperazine rings is 1. The normalized spacial score (nSPS) is 37.6. The summed E-state index contributed by atoms with van der Waals surface area (Å²) in [7, 11) is 0. The summed E-state index contributed by atoms with van der Waals surface area (Å²) in [6, 6.07) is 10.2. The van der Waals surface area contributed by atoms with Crippen LogP contribution >= 0.6 is 11.8 Å². The largest absolute Gasteiger partial charge is 0.323 e. The van der Waals surface area contributed by atoms with E-state index in [9.17, 15) is 0 Å². The maximum absolute atomic E-state index is 2.33. The lowest BCUT2D eigenvalue weighted by atomic mass is 9.93. The van der Waals surface area contributed by atoms with E-state index in [1.807, 2.05) is 16.7 Å². The average Bonchev–Trinajstić information content (AvgIpc) is 3.19. The van der Waals surface area contributed by atoms with Crippen LogP contribution in [-0.2, 0) is 6.54 Å². The third kappa shape index (κ3) is 3.08. The molecule has 3 atom stereocenters. The molecule has 1 saturated heterocycles. The first kappa shape index (κ1) is 15.0. The highest BCUT2D eigenvalue weighted by atomic mass is 32.2. The molecular weight excluding hydrogens is 288 g/mol. The van der Waals surface area contributed by atoms with Crippen molar-refractivity contribution >= 4 is 11.8 Å². The SMILES string of the molecule is CSc1ccc(C[NH+]2CC[NH+]([C@@H]3C[C@H]4CC[C@@H]3C4)CC2)cc1. The number of nitrogens with one attached hydrogen (secondary N) is 2. The minimum absolute atomic E-state index is 1.03. The van der Waals surface area contributed by atoms with Gasteiger partial charge >= 0.3 is 0 Å². The average molecular weight is 319 g/mol. The molecule has 2 bridgehead atoms. The zero-order valence-corrected chi connectivity index (χ0v) is 14.6. The van der Waals surface area contributed by atoms with Crippen molar-refractivity contribution in [1.29, 1.82) is 0 Å². The quantitative estimate of drug-likeness (QED) is 0.784. The molecule has 0 aromatic heterocycles. The highest BCUT2D eigenvalue weighted by molar-refractivity contribution is 7.98. The van der Waals surface area contributed by atoms with Crippen molar-refractivity contribution in [2.24, 2.45) is 11.8 Å². The molecule has 1 aromatic rings. The summed E-state index contributed by atoms with van der Waals surface area (Å²) >= 11 is 1.83. The number of hydrogen-bond donors (Lipinski definition) is 2. The predicted molar refractivity (Wildman–Crippen MR) is 92.6 cm³/mol. The zero-order chi connectivity index (χ0) is 14.9. The molecule has 3 heteroatoms. The van der Waals surface area contributed by atoms with E-state index in [0.29, 0.717) is 0 Å². The van der Waals surface area contributed by atoms with Crippen LogP contribution in [0.2, 0.25) is 0 Å². The van der Waals surface area contributed by atoms with Crippen LogP contribution in [0.15, 0.2) is 29.2 Å². The van der Waals surface area contributed by atoms with Crippen molar-refractivity contribution in [1.82, 2.24) is 0 Å². The molecule has 22 heavy (non-hydrogen) atoms. The molecule has 0 unspecified atom stereocenters. The highest BCUT2D eigenvalue weighted by Gasteiger charge is 2.45. The Hall–Kier alpha value is -0.510. The molecule has 2 saturated carbocycles. The van der Waals surface area contributed by atoms with Gasteiger partial charge in [0.05, 0.1) is 6.04 Å². The number of benzene rings is 1. The molecule has 3 fully saturated rings. The Labute approximate surface area is 139 Å². The first-order valence-corrected chi connectivity index (χ1v) is 10.4. The van der Waals surface area contributed by atoms with Crippen LogP contribution in [-0.4, -0.2) is 38.5 Å². The molecule has 0 spiro atoms. The van der Waals surface area contributed by atoms with Gasteiger partial charge in [-0.2, -0.15) is 0 Å². The second-order valence-corrected chi connectivity index (χ2v) is 8.59. The lowest BCUT2D eigenvalue weighted by Gasteiger charge is -2.36. The molecule has 120 valence electrons. The molecule has 2 N–H and O–H groups in total. The van der Waals surface area contributed by atoms with Crippen molar-refractivity contribution in [2.75, 3.05) is 32.4 Å². The lowest BCUT2D eigenvalue weighted by Crippen LogP contribution is -3.29. The maximum Gasteiger partial charge on any atom is 0.127 e. The zero-order valence-electron chi connectivity index (χ0n) is 13.8. The van der Waals surface area contributed by atoms with Gasteiger partial charge in [-0.1, -0.05) is 12.1 Å². The van der Waals surface area contributed by atoms with Crippen molar-refractivity contribution in [3.8, 4) is 0 Å². The Morgan fingerprint density at radius 3 is 2.36 bits per heavy atom. The standard InChI is InChI=1S/C19H28N2S/c1-22-18-6-3-15(4-7-18)14-20-8-10-21(11-9-20)19-13-16-2-5-17(19)12-16/h3-4,6-7,16-17,19H,2,5,8-14H2,1H3/p+2/t16-,17+,19+/m0/s1. The van der Waals surface area contributed by atoms with Gasteiger partial charge in [-0.25, -0.2) is 0 Å². The van der Waals surface area contributed by atoms with Crippen LogP contribution in [0.3, 0.4) is 0 Å². The van der Waals surface area contributed by atoms with Crippen molar-refractivity contribution in [3.63, 3.8) is 0 Å². The van der Waals surface area contributed by atoms with Crippen LogP contribution in [0, 0.1) is 11.8 Å². The van der Waals surface area contributed by atoms with Crippen LogP contribution in [0.4, 0.5) is 0 Å². The Bertz CT molecular complexity index is 493. The van der Waals surface area contributed by atoms with Gasteiger partial charge in [-0.3, -0.25) is 0 Å². The van der Waals surface area contributed by atoms with E-state index in [1.165, 1.54) is 56.0 Å². The Morgan fingerprint density at radius 2 is 1.77 bits per heavy atom. The van der Waals surface area contributed by atoms with Gasteiger partial charge in [0.1, 0.15) is 32.7 Å². The summed E-state index contributed by atoms with van der Waals surface area (Å²) in [4.78, 5) is 5.13. The van der Waals surface area contributed by atoms with Crippen LogP contribution in [0.25, 0.3) is 0 Å². The second-order valence-electron chi connectivity index (χ2n) is 7.71. The van der Waals surface area contributed by atoms with Gasteiger partial charge in [-0.15, -0.1) is 11.8 Å². The summed E-state index contributed by atoms with van der Waals surface area (Å²) in [5, 5.41) is 0. The van der Waals surface area contributed by atoms with Gasteiger partial charge in [-0.05, 0) is 43.6 Å². The third-order valence-corrected chi connectivity index (χ3v) is 7.22. The van der Waals surface area contributed by atoms with Crippen molar-refractivity contribution in [2.45, 2.75) is 43.2 Å². The second kappa shape index (κ2) is 6.54. The third-order valence-electron chi connectivity index (χ3n) is 6.47. The van der Waals surface area contributed by atoms with E-state index in [1.54, 1.807) is 17.7 Å².